The average Bonchev–Trinajstić information content (AvgIpc) is 1.81. The van der Waals surface area contributed by atoms with Gasteiger partial charge in [0.15, 0.2) is 0 Å². The van der Waals surface area contributed by atoms with E-state index in [1.54, 1.807) is 0 Å². The maximum Gasteiger partial charge on any atom is 0 e. The van der Waals surface area contributed by atoms with Crippen LogP contribution in [0.1, 0.15) is 0 Å². The Balaban J connectivity index is -0.00000000167. The number of halogens is 6. The zero-order chi connectivity index (χ0) is 6.00. The summed E-state index contributed by atoms with van der Waals surface area (Å²) < 4.78 is 25.3. The summed E-state index contributed by atoms with van der Waals surface area (Å²) in [6, 6.07) is 0. The minimum absolute atomic E-state index is 0. The normalized spacial score (nSPS) is 1.36. The van der Waals surface area contributed by atoms with E-state index in [9.17, 15) is 0 Å². The molecule has 0 aromatic rings. The van der Waals surface area contributed by atoms with Gasteiger partial charge in [-0.2, -0.15) is 0 Å². The molecule has 0 aromatic carbocycles. The van der Waals surface area contributed by atoms with E-state index in [0.29, 0.717) is 24.7 Å². The van der Waals surface area contributed by atoms with E-state index in [2.05, 4.69) is 0 Å². The molecule has 0 saturated heterocycles. The van der Waals surface area contributed by atoms with E-state index in [1.807, 2.05) is 0 Å². The Kier molecular flexibility index (Phi) is 9400. The van der Waals surface area contributed by atoms with Crippen molar-refractivity contribution in [3.05, 3.63) is 0 Å². The molecule has 0 aliphatic heterocycles. The molecular formula is H6F6O3SnZr. The van der Waals surface area contributed by atoms with Gasteiger partial charge in [-0.1, -0.05) is 9.05 Å². The van der Waals surface area contributed by atoms with Gasteiger partial charge in [-0.25, -0.2) is 10.6 Å². The molecular weight excluding hydrogens is 372 g/mol. The summed E-state index contributed by atoms with van der Waals surface area (Å²) in [5.41, 5.74) is 0. The summed E-state index contributed by atoms with van der Waals surface area (Å²) in [5.74, 6) is 0. The minimum atomic E-state index is 0. The van der Waals surface area contributed by atoms with Crippen LogP contribution >= 0.6 is 0 Å². The number of hydrogen-bond acceptors (Lipinski definition) is 3. The average molecular weight is 378 g/mol. The van der Waals surface area contributed by atoms with Crippen LogP contribution < -0.4 is 0 Å². The number of rotatable bonds is 0. The molecule has 0 heterocycles. The van der Waals surface area contributed by atoms with E-state index < -0.39 is 0 Å². The molecule has 0 saturated carbocycles. The van der Waals surface area contributed by atoms with Crippen LogP contribution in [0.3, 0.4) is 0 Å². The smallest absolute Gasteiger partial charge is 0 e. The topological polar surface area (TPSA) is 57.5 Å². The van der Waals surface area contributed by atoms with Gasteiger partial charge in [-0.3, -0.25) is 18.8 Å². The molecule has 0 unspecified atom stereocenters. The van der Waals surface area contributed by atoms with Gasteiger partial charge in [0.25, 0.3) is 0 Å². The van der Waals surface area contributed by atoms with Crippen LogP contribution in [0.5, 0.6) is 0 Å². The van der Waals surface area contributed by atoms with E-state index in [-0.39, 0.29) is 42.7 Å². The first kappa shape index (κ1) is 91.1. The molecule has 0 aromatic heterocycles. The largest absolute Gasteiger partial charge is 0 e. The third-order valence-electron chi connectivity index (χ3n) is 0. The Labute approximate surface area is 89.7 Å². The van der Waals surface area contributed by atoms with Gasteiger partial charge in [0.2, 0.25) is 0 Å². The van der Waals surface area contributed by atoms with Gasteiger partial charge in [0.1, 0.15) is 0 Å². The van der Waals surface area contributed by atoms with Crippen molar-refractivity contribution in [1.82, 2.24) is 0 Å². The zero-order valence-electron chi connectivity index (χ0n) is 4.69. The van der Waals surface area contributed by atoms with Crippen LogP contribution in [0.4, 0.5) is 27.9 Å². The molecule has 11 heavy (non-hydrogen) atoms. The maximum atomic E-state index is 8.50. The molecule has 0 aliphatic rings. The Morgan fingerprint density at radius 1 is 0.727 bits per heavy atom. The van der Waals surface area contributed by atoms with E-state index in [4.69, 9.17) is 22.5 Å². The maximum absolute atomic E-state index is 8.50. The first-order chi connectivity index (χ1) is 3.00. The first-order valence-electron chi connectivity index (χ1n) is 0.542. The quantitative estimate of drug-likeness (QED) is 0.455. The first-order valence-corrected chi connectivity index (χ1v) is 1.55. The fourth-order valence-electron chi connectivity index (χ4n) is 0. The standard InChI is InChI=1S/2FHO.4FH.O.Sn.Zr/c2*1-2;;;;;;;/h2*2H;4*1H;;;. The van der Waals surface area contributed by atoms with Gasteiger partial charge in [0.05, 0.1) is 0 Å². The van der Waals surface area contributed by atoms with Crippen molar-refractivity contribution < 1.29 is 66.0 Å². The Morgan fingerprint density at radius 2 is 0.727 bits per heavy atom. The van der Waals surface area contributed by atoms with E-state index in [0.717, 1.165) is 0 Å². The summed E-state index contributed by atoms with van der Waals surface area (Å²) in [6.07, 6.45) is 0. The summed E-state index contributed by atoms with van der Waals surface area (Å²) in [5, 5.41) is 11.0. The van der Waals surface area contributed by atoms with Gasteiger partial charge in [0, 0.05) is 23.9 Å². The third-order valence-corrected chi connectivity index (χ3v) is 0. The monoisotopic (exact) mass is 378 g/mol. The summed E-state index contributed by atoms with van der Waals surface area (Å²) in [7, 11) is 0. The summed E-state index contributed by atoms with van der Waals surface area (Å²) in [4.78, 5) is 0. The third kappa shape index (κ3) is 919. The van der Waals surface area contributed by atoms with Crippen molar-refractivity contribution in [3.63, 3.8) is 0 Å². The zero-order valence-corrected chi connectivity index (χ0v) is 10.0. The Hall–Kier alpha value is 0.982. The minimum Gasteiger partial charge on any atom is 0 e. The van der Waals surface area contributed by atoms with Gasteiger partial charge >= 0.3 is 27.5 Å². The van der Waals surface area contributed by atoms with Crippen LogP contribution in [-0.2, 0) is 27.5 Å². The van der Waals surface area contributed by atoms with Gasteiger partial charge in [-0.05, 0) is 0 Å². The van der Waals surface area contributed by atoms with Crippen molar-refractivity contribution >= 4 is 23.9 Å². The van der Waals surface area contributed by atoms with Crippen molar-refractivity contribution in [2.24, 2.45) is 0 Å². The van der Waals surface area contributed by atoms with Crippen LogP contribution in [-0.4, -0.2) is 34.5 Å². The van der Waals surface area contributed by atoms with Gasteiger partial charge in [-0.15, -0.1) is 0 Å². The molecule has 0 aliphatic carbocycles. The van der Waals surface area contributed by atoms with Crippen LogP contribution in [0, 0.1) is 0 Å². The van der Waals surface area contributed by atoms with E-state index in [1.165, 1.54) is 0 Å². The molecule has 0 atom stereocenters. The molecule has 74 valence electrons. The van der Waals surface area contributed by atoms with Crippen molar-refractivity contribution in [1.29, 1.82) is 0 Å². The molecule has 11 heteroatoms. The second kappa shape index (κ2) is 1140. The molecule has 0 fully saturated rings. The predicted octanol–water partition coefficient (Wildman–Crippen LogP) is -0.166. The Bertz CT molecular complexity index is 17.8. The van der Waals surface area contributed by atoms with Crippen LogP contribution in [0.25, 0.3) is 0 Å². The molecule has 2 N–H and O–H groups in total. The molecule has 4 radical (unpaired) electrons. The molecule has 3 nitrogen and oxygen atoms in total. The van der Waals surface area contributed by atoms with Gasteiger partial charge < -0.3 is 0 Å². The fourth-order valence-corrected chi connectivity index (χ4v) is 0. The molecule has 0 amide bonds. The van der Waals surface area contributed by atoms with Crippen LogP contribution in [0.2, 0.25) is 0 Å². The summed E-state index contributed by atoms with van der Waals surface area (Å²) >= 11 is 0.300. The van der Waals surface area contributed by atoms with Crippen LogP contribution in [0.15, 0.2) is 0 Å². The predicted molar refractivity (Wildman–Crippen MR) is 23.1 cm³/mol. The second-order valence-electron chi connectivity index (χ2n) is 0. The van der Waals surface area contributed by atoms with Crippen molar-refractivity contribution in [2.75, 3.05) is 0 Å². The molecule has 0 rings (SSSR count). The molecule has 0 spiro atoms. The summed E-state index contributed by atoms with van der Waals surface area (Å²) in [6.45, 7) is 0. The molecule has 0 bridgehead atoms. The van der Waals surface area contributed by atoms with Crippen molar-refractivity contribution in [2.45, 2.75) is 0 Å². The van der Waals surface area contributed by atoms with E-state index >= 15 is 0 Å². The number of hydrogen-bond donors (Lipinski definition) is 2. The van der Waals surface area contributed by atoms with Crippen molar-refractivity contribution in [3.8, 4) is 0 Å². The SMILES string of the molecule is F.F.F.F.OF.OF.[O]=[Zr].[Sn]. The second-order valence-corrected chi connectivity index (χ2v) is 0. The fraction of sp³-hybridized carbons (Fsp3) is 0. The Morgan fingerprint density at radius 3 is 0.727 bits per heavy atom.